The van der Waals surface area contributed by atoms with Crippen LogP contribution in [0.5, 0.6) is 0 Å². The summed E-state index contributed by atoms with van der Waals surface area (Å²) in [6.07, 6.45) is 0. The third-order valence-electron chi connectivity index (χ3n) is 2.18. The van der Waals surface area contributed by atoms with Crippen molar-refractivity contribution in [2.75, 3.05) is 13.6 Å². The lowest BCUT2D eigenvalue weighted by atomic mass is 10.00. The smallest absolute Gasteiger partial charge is 0.0743 e. The minimum atomic E-state index is -0.592. The highest BCUT2D eigenvalue weighted by Crippen LogP contribution is 2.12. The summed E-state index contributed by atoms with van der Waals surface area (Å²) in [5.41, 5.74) is -0.592. The van der Waals surface area contributed by atoms with Crippen molar-refractivity contribution in [2.24, 2.45) is 0 Å². The van der Waals surface area contributed by atoms with E-state index in [9.17, 15) is 5.11 Å². The third-order valence-corrected chi connectivity index (χ3v) is 2.18. The molecule has 0 fully saturated rings. The monoisotopic (exact) mass is 145 g/mol. The molecule has 1 unspecified atom stereocenters. The minimum Gasteiger partial charge on any atom is -0.389 e. The molecular weight excluding hydrogens is 126 g/mol. The second-order valence-corrected chi connectivity index (χ2v) is 3.40. The van der Waals surface area contributed by atoms with Gasteiger partial charge in [0.25, 0.3) is 0 Å². The first-order chi connectivity index (χ1) is 4.39. The second kappa shape index (κ2) is 3.35. The lowest BCUT2D eigenvalue weighted by Gasteiger charge is -2.33. The highest BCUT2D eigenvalue weighted by molar-refractivity contribution is 4.79. The summed E-state index contributed by atoms with van der Waals surface area (Å²) in [5.74, 6) is 0. The largest absolute Gasteiger partial charge is 0.389 e. The molecule has 0 rings (SSSR count). The standard InChI is InChI=1S/C8H19NO/c1-6-9(5)7(2)8(3,4)10/h7,10H,6H2,1-5H3. The van der Waals surface area contributed by atoms with Crippen LogP contribution in [0.25, 0.3) is 0 Å². The van der Waals surface area contributed by atoms with E-state index in [1.807, 2.05) is 27.8 Å². The van der Waals surface area contributed by atoms with Gasteiger partial charge in [-0.2, -0.15) is 0 Å². The maximum Gasteiger partial charge on any atom is 0.0743 e. The van der Waals surface area contributed by atoms with Crippen molar-refractivity contribution in [3.63, 3.8) is 0 Å². The molecule has 1 atom stereocenters. The van der Waals surface area contributed by atoms with Crippen LogP contribution >= 0.6 is 0 Å². The Bertz CT molecular complexity index is 95.9. The summed E-state index contributed by atoms with van der Waals surface area (Å²) in [7, 11) is 2.02. The molecule has 0 aromatic carbocycles. The van der Waals surface area contributed by atoms with Gasteiger partial charge in [-0.3, -0.25) is 0 Å². The molecule has 0 aliphatic heterocycles. The fourth-order valence-electron chi connectivity index (χ4n) is 0.813. The van der Waals surface area contributed by atoms with Gasteiger partial charge < -0.3 is 10.0 Å². The molecule has 62 valence electrons. The van der Waals surface area contributed by atoms with Crippen molar-refractivity contribution in [3.8, 4) is 0 Å². The SMILES string of the molecule is CCN(C)C(C)C(C)(C)O. The molecule has 2 nitrogen and oxygen atoms in total. The summed E-state index contributed by atoms with van der Waals surface area (Å²) in [6, 6.07) is 0.220. The predicted molar refractivity (Wildman–Crippen MR) is 44.1 cm³/mol. The maximum atomic E-state index is 9.55. The molecule has 0 spiro atoms. The van der Waals surface area contributed by atoms with E-state index in [0.29, 0.717) is 0 Å². The van der Waals surface area contributed by atoms with Crippen LogP contribution in [0.2, 0.25) is 0 Å². The average molecular weight is 145 g/mol. The molecule has 0 radical (unpaired) electrons. The molecule has 0 saturated heterocycles. The van der Waals surface area contributed by atoms with E-state index >= 15 is 0 Å². The number of hydrogen-bond acceptors (Lipinski definition) is 2. The number of rotatable bonds is 3. The molecular formula is C8H19NO. The number of aliphatic hydroxyl groups is 1. The Kier molecular flexibility index (Phi) is 3.33. The minimum absolute atomic E-state index is 0.220. The van der Waals surface area contributed by atoms with Gasteiger partial charge in [-0.1, -0.05) is 6.92 Å². The van der Waals surface area contributed by atoms with Gasteiger partial charge in [0.05, 0.1) is 5.60 Å². The van der Waals surface area contributed by atoms with Crippen LogP contribution in [0.4, 0.5) is 0 Å². The molecule has 0 heterocycles. The Balaban J connectivity index is 3.94. The molecule has 0 amide bonds. The normalized spacial score (nSPS) is 15.9. The highest BCUT2D eigenvalue weighted by Gasteiger charge is 2.24. The molecule has 0 aliphatic rings. The number of nitrogens with zero attached hydrogens (tertiary/aromatic N) is 1. The summed E-state index contributed by atoms with van der Waals surface area (Å²) in [5, 5.41) is 9.55. The van der Waals surface area contributed by atoms with Crippen LogP contribution in [0.15, 0.2) is 0 Å². The van der Waals surface area contributed by atoms with E-state index in [4.69, 9.17) is 0 Å². The van der Waals surface area contributed by atoms with E-state index in [-0.39, 0.29) is 6.04 Å². The van der Waals surface area contributed by atoms with E-state index in [0.717, 1.165) is 6.54 Å². The van der Waals surface area contributed by atoms with Gasteiger partial charge in [-0.25, -0.2) is 0 Å². The van der Waals surface area contributed by atoms with Crippen molar-refractivity contribution < 1.29 is 5.11 Å². The molecule has 1 N–H and O–H groups in total. The zero-order chi connectivity index (χ0) is 8.36. The quantitative estimate of drug-likeness (QED) is 0.642. The predicted octanol–water partition coefficient (Wildman–Crippen LogP) is 1.10. The Labute approximate surface area is 63.8 Å². The van der Waals surface area contributed by atoms with E-state index < -0.39 is 5.60 Å². The van der Waals surface area contributed by atoms with Crippen molar-refractivity contribution in [2.45, 2.75) is 39.3 Å². The third kappa shape index (κ3) is 2.67. The van der Waals surface area contributed by atoms with Crippen molar-refractivity contribution in [1.29, 1.82) is 0 Å². The molecule has 0 aromatic rings. The summed E-state index contributed by atoms with van der Waals surface area (Å²) >= 11 is 0. The molecule has 0 saturated carbocycles. The van der Waals surface area contributed by atoms with Crippen LogP contribution in [-0.2, 0) is 0 Å². The highest BCUT2D eigenvalue weighted by atomic mass is 16.3. The summed E-state index contributed by atoms with van der Waals surface area (Å²) < 4.78 is 0. The van der Waals surface area contributed by atoms with E-state index in [1.165, 1.54) is 0 Å². The van der Waals surface area contributed by atoms with Crippen LogP contribution in [0.3, 0.4) is 0 Å². The van der Waals surface area contributed by atoms with Gasteiger partial charge >= 0.3 is 0 Å². The molecule has 0 bridgehead atoms. The molecule has 10 heavy (non-hydrogen) atoms. The Morgan fingerprint density at radius 1 is 1.50 bits per heavy atom. The molecule has 0 aliphatic carbocycles. The first-order valence-electron chi connectivity index (χ1n) is 3.82. The van der Waals surface area contributed by atoms with Crippen molar-refractivity contribution in [3.05, 3.63) is 0 Å². The fourth-order valence-corrected chi connectivity index (χ4v) is 0.813. The average Bonchev–Trinajstić information content (AvgIpc) is 1.83. The lowest BCUT2D eigenvalue weighted by molar-refractivity contribution is -0.000389. The van der Waals surface area contributed by atoms with Gasteiger partial charge in [0.1, 0.15) is 0 Å². The van der Waals surface area contributed by atoms with Crippen LogP contribution in [0.1, 0.15) is 27.7 Å². The maximum absolute atomic E-state index is 9.55. The Morgan fingerprint density at radius 3 is 2.00 bits per heavy atom. The van der Waals surface area contributed by atoms with Gasteiger partial charge in [0.2, 0.25) is 0 Å². The first-order valence-corrected chi connectivity index (χ1v) is 3.82. The van der Waals surface area contributed by atoms with Crippen molar-refractivity contribution in [1.82, 2.24) is 4.90 Å². The van der Waals surface area contributed by atoms with Crippen LogP contribution in [0, 0.1) is 0 Å². The van der Waals surface area contributed by atoms with Crippen LogP contribution < -0.4 is 0 Å². The second-order valence-electron chi connectivity index (χ2n) is 3.40. The summed E-state index contributed by atoms with van der Waals surface area (Å²) in [6.45, 7) is 8.77. The number of likely N-dealkylation sites (N-methyl/N-ethyl adjacent to an activating group) is 1. The Hall–Kier alpha value is -0.0800. The van der Waals surface area contributed by atoms with Crippen LogP contribution in [-0.4, -0.2) is 35.2 Å². The van der Waals surface area contributed by atoms with Gasteiger partial charge in [-0.15, -0.1) is 0 Å². The van der Waals surface area contributed by atoms with Gasteiger partial charge in [0, 0.05) is 6.04 Å². The van der Waals surface area contributed by atoms with Crippen molar-refractivity contribution >= 4 is 0 Å². The van der Waals surface area contributed by atoms with E-state index in [2.05, 4.69) is 11.8 Å². The van der Waals surface area contributed by atoms with E-state index in [1.54, 1.807) is 0 Å². The van der Waals surface area contributed by atoms with Gasteiger partial charge in [0.15, 0.2) is 0 Å². The summed E-state index contributed by atoms with van der Waals surface area (Å²) in [4.78, 5) is 2.12. The fraction of sp³-hybridized carbons (Fsp3) is 1.00. The van der Waals surface area contributed by atoms with Gasteiger partial charge in [-0.05, 0) is 34.4 Å². The number of hydrogen-bond donors (Lipinski definition) is 1. The zero-order valence-electron chi connectivity index (χ0n) is 7.68. The zero-order valence-corrected chi connectivity index (χ0v) is 7.68. The molecule has 0 aromatic heterocycles. The lowest BCUT2D eigenvalue weighted by Crippen LogP contribution is -2.45. The Morgan fingerprint density at radius 2 is 1.90 bits per heavy atom. The first kappa shape index (κ1) is 9.92. The topological polar surface area (TPSA) is 23.5 Å². The molecule has 2 heteroatoms.